The molecule has 68 valence electrons. The standard InChI is InChI=1S/C8H9BrN4/c1-11-13-8(12-10)6-2-4-7(9)5-3-6/h2-5H,10H2,1H3. The smallest absolute Gasteiger partial charge is 0.200 e. The molecule has 1 rings (SSSR count). The molecular weight excluding hydrogens is 232 g/mol. The largest absolute Gasteiger partial charge is 0.321 e. The number of hydrazone groups is 1. The molecule has 0 spiro atoms. The number of azo groups is 1. The Morgan fingerprint density at radius 2 is 1.92 bits per heavy atom. The summed E-state index contributed by atoms with van der Waals surface area (Å²) < 4.78 is 1.00. The van der Waals surface area contributed by atoms with Crippen LogP contribution in [0.5, 0.6) is 0 Å². The summed E-state index contributed by atoms with van der Waals surface area (Å²) in [6.07, 6.45) is 0. The monoisotopic (exact) mass is 240 g/mol. The van der Waals surface area contributed by atoms with E-state index in [0.29, 0.717) is 5.84 Å². The van der Waals surface area contributed by atoms with E-state index in [1.165, 1.54) is 0 Å². The Morgan fingerprint density at radius 3 is 2.38 bits per heavy atom. The molecule has 0 atom stereocenters. The van der Waals surface area contributed by atoms with Crippen LogP contribution in [0.1, 0.15) is 5.56 Å². The van der Waals surface area contributed by atoms with Gasteiger partial charge in [0.25, 0.3) is 0 Å². The zero-order chi connectivity index (χ0) is 9.68. The summed E-state index contributed by atoms with van der Waals surface area (Å²) in [5.74, 6) is 5.58. The van der Waals surface area contributed by atoms with E-state index in [4.69, 9.17) is 5.84 Å². The van der Waals surface area contributed by atoms with Gasteiger partial charge in [-0.15, -0.1) is 5.11 Å². The minimum absolute atomic E-state index is 0.426. The lowest BCUT2D eigenvalue weighted by Crippen LogP contribution is -1.99. The van der Waals surface area contributed by atoms with Gasteiger partial charge in [-0.05, 0) is 24.3 Å². The highest BCUT2D eigenvalue weighted by Crippen LogP contribution is 2.11. The fourth-order valence-electron chi connectivity index (χ4n) is 0.852. The Morgan fingerprint density at radius 1 is 1.31 bits per heavy atom. The van der Waals surface area contributed by atoms with Crippen LogP contribution in [0.25, 0.3) is 0 Å². The first-order valence-corrected chi connectivity index (χ1v) is 4.41. The molecule has 0 saturated heterocycles. The molecule has 0 aliphatic carbocycles. The molecule has 0 aliphatic heterocycles. The van der Waals surface area contributed by atoms with E-state index in [-0.39, 0.29) is 0 Å². The van der Waals surface area contributed by atoms with Gasteiger partial charge in [0.05, 0.1) is 0 Å². The molecule has 0 saturated carbocycles. The van der Waals surface area contributed by atoms with Crippen LogP contribution in [0.2, 0.25) is 0 Å². The number of nitrogens with two attached hydrogens (primary N) is 1. The molecule has 0 bridgehead atoms. The van der Waals surface area contributed by atoms with E-state index < -0.39 is 0 Å². The highest BCUT2D eigenvalue weighted by atomic mass is 79.9. The number of hydrogen-bond acceptors (Lipinski definition) is 3. The first-order chi connectivity index (χ1) is 6.27. The van der Waals surface area contributed by atoms with Gasteiger partial charge in [0.15, 0.2) is 5.84 Å². The second-order valence-corrected chi connectivity index (χ2v) is 3.18. The fraction of sp³-hybridized carbons (Fsp3) is 0.125. The second-order valence-electron chi connectivity index (χ2n) is 2.26. The predicted octanol–water partition coefficient (Wildman–Crippen LogP) is 2.15. The van der Waals surface area contributed by atoms with Crippen LogP contribution >= 0.6 is 15.9 Å². The third-order valence-electron chi connectivity index (χ3n) is 1.42. The van der Waals surface area contributed by atoms with E-state index in [0.717, 1.165) is 10.0 Å². The third-order valence-corrected chi connectivity index (χ3v) is 1.95. The van der Waals surface area contributed by atoms with Crippen molar-refractivity contribution in [3.8, 4) is 0 Å². The normalized spacial score (nSPS) is 12.3. The van der Waals surface area contributed by atoms with Gasteiger partial charge in [-0.25, -0.2) is 0 Å². The number of hydrogen-bond donors (Lipinski definition) is 1. The third kappa shape index (κ3) is 2.62. The second kappa shape index (κ2) is 4.71. The highest BCUT2D eigenvalue weighted by Gasteiger charge is 2.00. The molecule has 0 radical (unpaired) electrons. The van der Waals surface area contributed by atoms with Crippen LogP contribution in [0.15, 0.2) is 44.1 Å². The maximum atomic E-state index is 5.15. The van der Waals surface area contributed by atoms with Crippen molar-refractivity contribution in [2.75, 3.05) is 7.05 Å². The van der Waals surface area contributed by atoms with Crippen molar-refractivity contribution in [1.29, 1.82) is 0 Å². The van der Waals surface area contributed by atoms with Crippen LogP contribution in [-0.2, 0) is 0 Å². The summed E-state index contributed by atoms with van der Waals surface area (Å²) in [7, 11) is 1.57. The molecule has 0 aliphatic rings. The van der Waals surface area contributed by atoms with Gasteiger partial charge in [0, 0.05) is 17.1 Å². The highest BCUT2D eigenvalue weighted by molar-refractivity contribution is 9.10. The van der Waals surface area contributed by atoms with Crippen molar-refractivity contribution in [2.24, 2.45) is 21.2 Å². The van der Waals surface area contributed by atoms with Crippen molar-refractivity contribution in [3.05, 3.63) is 34.3 Å². The molecule has 5 heteroatoms. The lowest BCUT2D eigenvalue weighted by molar-refractivity contribution is 1.15. The molecule has 0 fully saturated rings. The number of halogens is 1. The number of nitrogens with zero attached hydrogens (tertiary/aromatic N) is 3. The fourth-order valence-corrected chi connectivity index (χ4v) is 1.12. The number of benzene rings is 1. The van der Waals surface area contributed by atoms with Crippen molar-refractivity contribution in [3.63, 3.8) is 0 Å². The van der Waals surface area contributed by atoms with Gasteiger partial charge in [-0.3, -0.25) is 0 Å². The Balaban J connectivity index is 3.00. The SMILES string of the molecule is CN=NC(=NN)c1ccc(Br)cc1. The molecule has 4 nitrogen and oxygen atoms in total. The predicted molar refractivity (Wildman–Crippen MR) is 55.6 cm³/mol. The summed E-state index contributed by atoms with van der Waals surface area (Å²) in [5, 5.41) is 10.9. The molecular formula is C8H9BrN4. The van der Waals surface area contributed by atoms with Crippen LogP contribution in [0, 0.1) is 0 Å². The molecule has 1 aromatic carbocycles. The van der Waals surface area contributed by atoms with Crippen molar-refractivity contribution in [2.45, 2.75) is 0 Å². The van der Waals surface area contributed by atoms with Gasteiger partial charge in [0.1, 0.15) is 0 Å². The van der Waals surface area contributed by atoms with Crippen LogP contribution in [-0.4, -0.2) is 12.9 Å². The lowest BCUT2D eigenvalue weighted by Gasteiger charge is -1.97. The first-order valence-electron chi connectivity index (χ1n) is 3.61. The quantitative estimate of drug-likeness (QED) is 0.264. The molecule has 0 heterocycles. The summed E-state index contributed by atoms with van der Waals surface area (Å²) in [6.45, 7) is 0. The average Bonchev–Trinajstić information content (AvgIpc) is 2.16. The van der Waals surface area contributed by atoms with Gasteiger partial charge in [-0.1, -0.05) is 15.9 Å². The Labute approximate surface area is 84.7 Å². The van der Waals surface area contributed by atoms with Gasteiger partial charge >= 0.3 is 0 Å². The molecule has 0 aromatic heterocycles. The zero-order valence-corrected chi connectivity index (χ0v) is 8.69. The van der Waals surface area contributed by atoms with Crippen molar-refractivity contribution in [1.82, 2.24) is 0 Å². The minimum atomic E-state index is 0.426. The van der Waals surface area contributed by atoms with Gasteiger partial charge in [-0.2, -0.15) is 10.2 Å². The summed E-state index contributed by atoms with van der Waals surface area (Å²) in [5.41, 5.74) is 0.844. The number of amidine groups is 1. The molecule has 0 amide bonds. The summed E-state index contributed by atoms with van der Waals surface area (Å²) in [6, 6.07) is 7.52. The van der Waals surface area contributed by atoms with E-state index >= 15 is 0 Å². The molecule has 0 unspecified atom stereocenters. The van der Waals surface area contributed by atoms with E-state index in [2.05, 4.69) is 31.3 Å². The minimum Gasteiger partial charge on any atom is -0.321 e. The van der Waals surface area contributed by atoms with Crippen LogP contribution in [0.4, 0.5) is 0 Å². The molecule has 2 N–H and O–H groups in total. The lowest BCUT2D eigenvalue weighted by atomic mass is 10.2. The van der Waals surface area contributed by atoms with E-state index in [9.17, 15) is 0 Å². The van der Waals surface area contributed by atoms with Crippen molar-refractivity contribution >= 4 is 21.8 Å². The maximum Gasteiger partial charge on any atom is 0.200 e. The average molecular weight is 241 g/mol. The Hall–Kier alpha value is -1.23. The maximum absolute atomic E-state index is 5.15. The topological polar surface area (TPSA) is 63.1 Å². The number of rotatable bonds is 1. The van der Waals surface area contributed by atoms with Crippen molar-refractivity contribution < 1.29 is 0 Å². The Bertz CT molecular complexity index is 329. The van der Waals surface area contributed by atoms with Crippen LogP contribution in [0.3, 0.4) is 0 Å². The molecule has 1 aromatic rings. The van der Waals surface area contributed by atoms with Gasteiger partial charge < -0.3 is 5.84 Å². The van der Waals surface area contributed by atoms with Crippen LogP contribution < -0.4 is 5.84 Å². The van der Waals surface area contributed by atoms with Gasteiger partial charge in [0.2, 0.25) is 0 Å². The summed E-state index contributed by atoms with van der Waals surface area (Å²) >= 11 is 3.33. The Kier molecular flexibility index (Phi) is 3.57. The summed E-state index contributed by atoms with van der Waals surface area (Å²) in [4.78, 5) is 0. The first kappa shape index (κ1) is 9.85. The molecule has 13 heavy (non-hydrogen) atoms. The van der Waals surface area contributed by atoms with E-state index in [1.54, 1.807) is 7.05 Å². The zero-order valence-electron chi connectivity index (χ0n) is 7.11. The van der Waals surface area contributed by atoms with E-state index in [1.807, 2.05) is 24.3 Å².